The van der Waals surface area contributed by atoms with Crippen molar-refractivity contribution in [1.29, 1.82) is 0 Å². The first-order valence-corrected chi connectivity index (χ1v) is 7.21. The molecule has 0 aromatic heterocycles. The molecule has 1 amide bonds. The van der Waals surface area contributed by atoms with Crippen LogP contribution >= 0.6 is 0 Å². The first-order chi connectivity index (χ1) is 8.62. The summed E-state index contributed by atoms with van der Waals surface area (Å²) in [6.07, 6.45) is 2.99. The Morgan fingerprint density at radius 1 is 1.39 bits per heavy atom. The number of amidine groups is 1. The van der Waals surface area contributed by atoms with E-state index < -0.39 is 5.54 Å². The molecule has 2 fully saturated rings. The highest BCUT2D eigenvalue weighted by Gasteiger charge is 2.60. The Kier molecular flexibility index (Phi) is 2.73. The van der Waals surface area contributed by atoms with Gasteiger partial charge in [0, 0.05) is 32.5 Å². The standard InChI is InChI=1S/C14H23N3O/c1-4-12-15-14(13(18)16(12)3)7-6-10-8-17(5-2)9-11(10)14/h10-11H,4-9H2,1-3H3/t10-,11+,14-/m1/s1. The molecule has 0 unspecified atom stereocenters. The van der Waals surface area contributed by atoms with E-state index in [1.807, 2.05) is 7.05 Å². The maximum atomic E-state index is 12.6. The van der Waals surface area contributed by atoms with Gasteiger partial charge in [-0.25, -0.2) is 0 Å². The number of aliphatic imine (C=N–C) groups is 1. The molecule has 2 heterocycles. The van der Waals surface area contributed by atoms with Crippen LogP contribution in [0.25, 0.3) is 0 Å². The lowest BCUT2D eigenvalue weighted by Crippen LogP contribution is -2.45. The molecule has 18 heavy (non-hydrogen) atoms. The zero-order chi connectivity index (χ0) is 12.9. The number of fused-ring (bicyclic) bond motifs is 2. The van der Waals surface area contributed by atoms with E-state index in [-0.39, 0.29) is 5.91 Å². The van der Waals surface area contributed by atoms with Crippen molar-refractivity contribution in [3.8, 4) is 0 Å². The largest absolute Gasteiger partial charge is 0.303 e. The number of hydrogen-bond acceptors (Lipinski definition) is 3. The summed E-state index contributed by atoms with van der Waals surface area (Å²) >= 11 is 0. The van der Waals surface area contributed by atoms with Gasteiger partial charge >= 0.3 is 0 Å². The van der Waals surface area contributed by atoms with E-state index in [0.29, 0.717) is 11.8 Å². The highest BCUT2D eigenvalue weighted by molar-refractivity contribution is 6.08. The van der Waals surface area contributed by atoms with Crippen LogP contribution in [-0.2, 0) is 4.79 Å². The first-order valence-electron chi connectivity index (χ1n) is 7.21. The van der Waals surface area contributed by atoms with Gasteiger partial charge in [0.1, 0.15) is 11.4 Å². The number of likely N-dealkylation sites (tertiary alicyclic amines) is 1. The second-order valence-corrected chi connectivity index (χ2v) is 5.93. The minimum atomic E-state index is -0.394. The number of amides is 1. The van der Waals surface area contributed by atoms with Crippen molar-refractivity contribution in [3.63, 3.8) is 0 Å². The molecule has 0 aromatic carbocycles. The summed E-state index contributed by atoms with van der Waals surface area (Å²) in [4.78, 5) is 21.8. The summed E-state index contributed by atoms with van der Waals surface area (Å²) in [7, 11) is 1.89. The Morgan fingerprint density at radius 3 is 2.78 bits per heavy atom. The highest BCUT2D eigenvalue weighted by atomic mass is 16.2. The van der Waals surface area contributed by atoms with Crippen LogP contribution in [0.4, 0.5) is 0 Å². The Balaban J connectivity index is 1.92. The molecule has 3 aliphatic rings. The van der Waals surface area contributed by atoms with E-state index in [2.05, 4.69) is 18.7 Å². The van der Waals surface area contributed by atoms with Crippen LogP contribution in [0.3, 0.4) is 0 Å². The van der Waals surface area contributed by atoms with E-state index >= 15 is 0 Å². The second kappa shape index (κ2) is 4.05. The normalized spacial score (nSPS) is 39.8. The maximum Gasteiger partial charge on any atom is 0.255 e. The van der Waals surface area contributed by atoms with Crippen LogP contribution in [0.1, 0.15) is 33.1 Å². The molecule has 4 heteroatoms. The number of carbonyl (C=O) groups excluding carboxylic acids is 1. The molecule has 3 atom stereocenters. The third kappa shape index (κ3) is 1.41. The van der Waals surface area contributed by atoms with Crippen LogP contribution < -0.4 is 0 Å². The molecule has 0 N–H and O–H groups in total. The van der Waals surface area contributed by atoms with Crippen LogP contribution in [0.2, 0.25) is 0 Å². The summed E-state index contributed by atoms with van der Waals surface area (Å²) in [5.74, 6) is 2.37. The van der Waals surface area contributed by atoms with Gasteiger partial charge in [0.05, 0.1) is 0 Å². The van der Waals surface area contributed by atoms with Crippen LogP contribution in [0, 0.1) is 11.8 Å². The van der Waals surface area contributed by atoms with Gasteiger partial charge in [0.2, 0.25) is 0 Å². The van der Waals surface area contributed by atoms with Gasteiger partial charge in [-0.1, -0.05) is 13.8 Å². The van der Waals surface area contributed by atoms with Gasteiger partial charge in [-0.2, -0.15) is 0 Å². The van der Waals surface area contributed by atoms with E-state index in [1.54, 1.807) is 4.90 Å². The summed E-state index contributed by atoms with van der Waals surface area (Å²) in [6.45, 7) is 7.60. The molecule has 1 saturated heterocycles. The fourth-order valence-electron chi connectivity index (χ4n) is 4.12. The minimum Gasteiger partial charge on any atom is -0.303 e. The minimum absolute atomic E-state index is 0.254. The van der Waals surface area contributed by atoms with Crippen molar-refractivity contribution in [2.75, 3.05) is 26.7 Å². The van der Waals surface area contributed by atoms with E-state index in [0.717, 1.165) is 38.3 Å². The van der Waals surface area contributed by atoms with Crippen molar-refractivity contribution in [2.24, 2.45) is 16.8 Å². The lowest BCUT2D eigenvalue weighted by atomic mass is 9.85. The summed E-state index contributed by atoms with van der Waals surface area (Å²) in [5.41, 5.74) is -0.394. The SMILES string of the molecule is CCC1=N[C@@]2(CC[C@@H]3CN(CC)C[C@@H]32)C(=O)N1C. The van der Waals surface area contributed by atoms with Gasteiger partial charge in [-0.3, -0.25) is 9.79 Å². The summed E-state index contributed by atoms with van der Waals surface area (Å²) < 4.78 is 0. The molecule has 3 rings (SSSR count). The molecule has 100 valence electrons. The second-order valence-electron chi connectivity index (χ2n) is 5.93. The molecule has 1 saturated carbocycles. The molecule has 4 nitrogen and oxygen atoms in total. The van der Waals surface area contributed by atoms with Gasteiger partial charge < -0.3 is 9.80 Å². The van der Waals surface area contributed by atoms with Crippen molar-refractivity contribution < 1.29 is 4.79 Å². The molecule has 0 radical (unpaired) electrons. The predicted molar refractivity (Wildman–Crippen MR) is 71.6 cm³/mol. The predicted octanol–water partition coefficient (Wildman–Crippen LogP) is 1.37. The van der Waals surface area contributed by atoms with Crippen molar-refractivity contribution in [1.82, 2.24) is 9.80 Å². The molecule has 1 aliphatic carbocycles. The monoisotopic (exact) mass is 249 g/mol. The highest BCUT2D eigenvalue weighted by Crippen LogP contribution is 2.50. The average molecular weight is 249 g/mol. The van der Waals surface area contributed by atoms with E-state index in [4.69, 9.17) is 4.99 Å². The molecular weight excluding hydrogens is 226 g/mol. The number of rotatable bonds is 2. The quantitative estimate of drug-likeness (QED) is 0.741. The Hall–Kier alpha value is -0.900. The van der Waals surface area contributed by atoms with Crippen molar-refractivity contribution in [3.05, 3.63) is 0 Å². The Bertz CT molecular complexity index is 406. The van der Waals surface area contributed by atoms with Crippen LogP contribution in [0.15, 0.2) is 4.99 Å². The number of likely N-dealkylation sites (N-methyl/N-ethyl adjacent to an activating group) is 1. The van der Waals surface area contributed by atoms with Crippen LogP contribution in [-0.4, -0.2) is 53.8 Å². The Morgan fingerprint density at radius 2 is 2.17 bits per heavy atom. The van der Waals surface area contributed by atoms with Crippen molar-refractivity contribution >= 4 is 11.7 Å². The topological polar surface area (TPSA) is 35.9 Å². The lowest BCUT2D eigenvalue weighted by Gasteiger charge is -2.26. The molecular formula is C14H23N3O. The van der Waals surface area contributed by atoms with Gasteiger partial charge in [0.15, 0.2) is 0 Å². The van der Waals surface area contributed by atoms with Gasteiger partial charge in [-0.15, -0.1) is 0 Å². The first kappa shape index (κ1) is 12.2. The number of carbonyl (C=O) groups is 1. The average Bonchev–Trinajstić information content (AvgIpc) is 3.00. The maximum absolute atomic E-state index is 12.6. The number of nitrogens with zero attached hydrogens (tertiary/aromatic N) is 3. The summed E-state index contributed by atoms with van der Waals surface area (Å²) in [6, 6.07) is 0. The lowest BCUT2D eigenvalue weighted by molar-refractivity contribution is -0.131. The van der Waals surface area contributed by atoms with E-state index in [1.165, 1.54) is 6.42 Å². The smallest absolute Gasteiger partial charge is 0.255 e. The third-order valence-electron chi connectivity index (χ3n) is 5.18. The fourth-order valence-corrected chi connectivity index (χ4v) is 4.12. The van der Waals surface area contributed by atoms with Gasteiger partial charge in [0.25, 0.3) is 5.91 Å². The fraction of sp³-hybridized carbons (Fsp3) is 0.857. The van der Waals surface area contributed by atoms with Crippen molar-refractivity contribution in [2.45, 2.75) is 38.6 Å². The molecule has 0 aromatic rings. The molecule has 2 aliphatic heterocycles. The molecule has 0 bridgehead atoms. The third-order valence-corrected chi connectivity index (χ3v) is 5.18. The molecule has 1 spiro atoms. The van der Waals surface area contributed by atoms with Gasteiger partial charge in [-0.05, 0) is 25.3 Å². The number of hydrogen-bond donors (Lipinski definition) is 0. The summed E-state index contributed by atoms with van der Waals surface area (Å²) in [5, 5.41) is 0. The zero-order valence-corrected chi connectivity index (χ0v) is 11.6. The zero-order valence-electron chi connectivity index (χ0n) is 11.6. The Labute approximate surface area is 109 Å². The van der Waals surface area contributed by atoms with E-state index in [9.17, 15) is 4.79 Å². The van der Waals surface area contributed by atoms with Crippen LogP contribution in [0.5, 0.6) is 0 Å².